The molecule has 7 heteroatoms. The summed E-state index contributed by atoms with van der Waals surface area (Å²) >= 11 is 0. The van der Waals surface area contributed by atoms with Gasteiger partial charge in [-0.2, -0.15) is 4.31 Å². The van der Waals surface area contributed by atoms with Gasteiger partial charge in [0, 0.05) is 25.0 Å². The molecule has 1 aromatic heterocycles. The number of nitrogens with one attached hydrogen (secondary N) is 1. The van der Waals surface area contributed by atoms with Crippen LogP contribution in [0.1, 0.15) is 57.8 Å². The number of hydrogen-bond acceptors (Lipinski definition) is 4. The quantitative estimate of drug-likeness (QED) is 0.831. The Morgan fingerprint density at radius 1 is 1.08 bits per heavy atom. The molecule has 1 aliphatic heterocycles. The molecule has 1 aromatic rings. The van der Waals surface area contributed by atoms with Crippen molar-refractivity contribution < 1.29 is 13.2 Å². The largest absolute Gasteiger partial charge is 0.352 e. The van der Waals surface area contributed by atoms with Crippen LogP contribution < -0.4 is 5.32 Å². The number of sulfonamides is 1. The van der Waals surface area contributed by atoms with Crippen LogP contribution in [0.25, 0.3) is 0 Å². The predicted octanol–water partition coefficient (Wildman–Crippen LogP) is 2.46. The van der Waals surface area contributed by atoms with E-state index in [-0.39, 0.29) is 16.8 Å². The van der Waals surface area contributed by atoms with Crippen LogP contribution in [0, 0.1) is 0 Å². The van der Waals surface area contributed by atoms with Crippen molar-refractivity contribution in [2.45, 2.75) is 74.8 Å². The topological polar surface area (TPSA) is 79.4 Å². The highest BCUT2D eigenvalue weighted by Gasteiger charge is 2.38. The number of nitrogens with zero attached hydrogens (tertiary/aromatic N) is 2. The third kappa shape index (κ3) is 4.39. The standard InChI is InChI=1S/C18H27N3O3S/c22-18(20-15-8-3-1-2-4-9-15)17-11-5-6-13-21(17)25(23,24)16-10-7-12-19-14-16/h7,10,12,14-15,17H,1-6,8-9,11,13H2,(H,20,22)/t17-/m1/s1. The molecule has 1 saturated heterocycles. The van der Waals surface area contributed by atoms with Gasteiger partial charge in [-0.05, 0) is 37.8 Å². The number of piperidine rings is 1. The molecule has 1 atom stereocenters. The maximum absolute atomic E-state index is 13.0. The summed E-state index contributed by atoms with van der Waals surface area (Å²) < 4.78 is 27.3. The van der Waals surface area contributed by atoms with Gasteiger partial charge in [-0.1, -0.05) is 32.1 Å². The Balaban J connectivity index is 1.75. The van der Waals surface area contributed by atoms with Crippen LogP contribution in [-0.4, -0.2) is 42.2 Å². The van der Waals surface area contributed by atoms with E-state index in [1.807, 2.05) is 0 Å². The third-order valence-electron chi connectivity index (χ3n) is 5.20. The number of rotatable bonds is 4. The lowest BCUT2D eigenvalue weighted by Gasteiger charge is -2.34. The van der Waals surface area contributed by atoms with Crippen LogP contribution >= 0.6 is 0 Å². The molecule has 1 saturated carbocycles. The SMILES string of the molecule is O=C(NC1CCCCCC1)[C@H]1CCCCN1S(=O)(=O)c1cccnc1. The molecule has 1 aliphatic carbocycles. The predicted molar refractivity (Wildman–Crippen MR) is 95.4 cm³/mol. The summed E-state index contributed by atoms with van der Waals surface area (Å²) in [4.78, 5) is 16.9. The molecule has 138 valence electrons. The summed E-state index contributed by atoms with van der Waals surface area (Å²) in [7, 11) is -3.69. The Labute approximate surface area is 150 Å². The second kappa shape index (κ2) is 8.27. The average molecular weight is 365 g/mol. The Bertz CT molecular complexity index is 670. The molecule has 25 heavy (non-hydrogen) atoms. The summed E-state index contributed by atoms with van der Waals surface area (Å²) in [6.07, 6.45) is 11.8. The third-order valence-corrected chi connectivity index (χ3v) is 7.09. The molecule has 0 aromatic carbocycles. The molecule has 0 unspecified atom stereocenters. The number of carbonyl (C=O) groups is 1. The molecule has 1 amide bonds. The molecule has 0 radical (unpaired) electrons. The van der Waals surface area contributed by atoms with E-state index in [1.165, 1.54) is 29.4 Å². The second-order valence-electron chi connectivity index (χ2n) is 7.01. The van der Waals surface area contributed by atoms with Crippen LogP contribution in [-0.2, 0) is 14.8 Å². The van der Waals surface area contributed by atoms with Crippen LogP contribution in [0.2, 0.25) is 0 Å². The summed E-state index contributed by atoms with van der Waals surface area (Å²) in [5, 5.41) is 3.12. The molecular weight excluding hydrogens is 338 g/mol. The van der Waals surface area contributed by atoms with Gasteiger partial charge in [0.2, 0.25) is 15.9 Å². The first kappa shape index (κ1) is 18.3. The van der Waals surface area contributed by atoms with E-state index >= 15 is 0 Å². The molecule has 1 N–H and O–H groups in total. The maximum atomic E-state index is 13.0. The number of carbonyl (C=O) groups excluding carboxylic acids is 1. The summed E-state index contributed by atoms with van der Waals surface area (Å²) in [5.41, 5.74) is 0. The zero-order valence-electron chi connectivity index (χ0n) is 14.6. The zero-order chi connectivity index (χ0) is 17.7. The van der Waals surface area contributed by atoms with Crippen molar-refractivity contribution in [2.75, 3.05) is 6.54 Å². The summed E-state index contributed by atoms with van der Waals surface area (Å²) in [6.45, 7) is 0.389. The monoisotopic (exact) mass is 365 g/mol. The van der Waals surface area contributed by atoms with Gasteiger partial charge in [0.1, 0.15) is 10.9 Å². The minimum Gasteiger partial charge on any atom is -0.352 e. The first-order chi connectivity index (χ1) is 12.1. The van der Waals surface area contributed by atoms with Gasteiger partial charge in [0.25, 0.3) is 0 Å². The first-order valence-corrected chi connectivity index (χ1v) is 10.8. The van der Waals surface area contributed by atoms with Crippen molar-refractivity contribution in [2.24, 2.45) is 0 Å². The normalized spacial score (nSPS) is 23.8. The van der Waals surface area contributed by atoms with Crippen molar-refractivity contribution in [3.8, 4) is 0 Å². The van der Waals surface area contributed by atoms with Crippen molar-refractivity contribution in [1.82, 2.24) is 14.6 Å². The molecule has 0 bridgehead atoms. The van der Waals surface area contributed by atoms with Gasteiger partial charge in [0.05, 0.1) is 0 Å². The van der Waals surface area contributed by atoms with Crippen LogP contribution in [0.4, 0.5) is 0 Å². The van der Waals surface area contributed by atoms with E-state index in [2.05, 4.69) is 10.3 Å². The highest BCUT2D eigenvalue weighted by atomic mass is 32.2. The van der Waals surface area contributed by atoms with Gasteiger partial charge in [0.15, 0.2) is 0 Å². The van der Waals surface area contributed by atoms with Crippen LogP contribution in [0.15, 0.2) is 29.4 Å². The summed E-state index contributed by atoms with van der Waals surface area (Å²) in [6, 6.07) is 2.72. The fraction of sp³-hybridized carbons (Fsp3) is 0.667. The van der Waals surface area contributed by atoms with Crippen LogP contribution in [0.5, 0.6) is 0 Å². The molecule has 2 fully saturated rings. The maximum Gasteiger partial charge on any atom is 0.245 e. The highest BCUT2D eigenvalue weighted by Crippen LogP contribution is 2.26. The Morgan fingerprint density at radius 3 is 2.48 bits per heavy atom. The number of pyridine rings is 1. The van der Waals surface area contributed by atoms with Crippen molar-refractivity contribution in [1.29, 1.82) is 0 Å². The van der Waals surface area contributed by atoms with E-state index in [0.29, 0.717) is 13.0 Å². The lowest BCUT2D eigenvalue weighted by Crippen LogP contribution is -2.53. The molecule has 2 aliphatic rings. The van der Waals surface area contributed by atoms with Gasteiger partial charge < -0.3 is 5.32 Å². The molecule has 0 spiro atoms. The number of aromatic nitrogens is 1. The fourth-order valence-corrected chi connectivity index (χ4v) is 5.43. The highest BCUT2D eigenvalue weighted by molar-refractivity contribution is 7.89. The lowest BCUT2D eigenvalue weighted by molar-refractivity contribution is -0.126. The van der Waals surface area contributed by atoms with E-state index < -0.39 is 16.1 Å². The first-order valence-electron chi connectivity index (χ1n) is 9.31. The van der Waals surface area contributed by atoms with Gasteiger partial charge in [-0.25, -0.2) is 8.42 Å². The van der Waals surface area contributed by atoms with E-state index in [4.69, 9.17) is 0 Å². The van der Waals surface area contributed by atoms with Gasteiger partial charge in [-0.3, -0.25) is 9.78 Å². The van der Waals surface area contributed by atoms with E-state index in [1.54, 1.807) is 12.3 Å². The zero-order valence-corrected chi connectivity index (χ0v) is 15.4. The minimum atomic E-state index is -3.69. The number of hydrogen-bond donors (Lipinski definition) is 1. The lowest BCUT2D eigenvalue weighted by atomic mass is 10.0. The van der Waals surface area contributed by atoms with Gasteiger partial charge >= 0.3 is 0 Å². The van der Waals surface area contributed by atoms with Crippen LogP contribution in [0.3, 0.4) is 0 Å². The second-order valence-corrected chi connectivity index (χ2v) is 8.90. The fourth-order valence-electron chi connectivity index (χ4n) is 3.81. The Kier molecular flexibility index (Phi) is 6.06. The van der Waals surface area contributed by atoms with Crippen molar-refractivity contribution in [3.63, 3.8) is 0 Å². The summed E-state index contributed by atoms with van der Waals surface area (Å²) in [5.74, 6) is -0.140. The van der Waals surface area contributed by atoms with Gasteiger partial charge in [-0.15, -0.1) is 0 Å². The van der Waals surface area contributed by atoms with Crippen molar-refractivity contribution >= 4 is 15.9 Å². The molecular formula is C18H27N3O3S. The molecule has 3 rings (SSSR count). The van der Waals surface area contributed by atoms with Crippen molar-refractivity contribution in [3.05, 3.63) is 24.5 Å². The molecule has 6 nitrogen and oxygen atoms in total. The molecule has 2 heterocycles. The van der Waals surface area contributed by atoms with E-state index in [9.17, 15) is 13.2 Å². The minimum absolute atomic E-state index is 0.140. The Morgan fingerprint density at radius 2 is 1.80 bits per heavy atom. The smallest absolute Gasteiger partial charge is 0.245 e. The average Bonchev–Trinajstić information content (AvgIpc) is 2.91. The van der Waals surface area contributed by atoms with E-state index in [0.717, 1.165) is 38.5 Å². The Hall–Kier alpha value is -1.47. The number of amides is 1.